The highest BCUT2D eigenvalue weighted by Gasteiger charge is 2.28. The van der Waals surface area contributed by atoms with Gasteiger partial charge in [-0.2, -0.15) is 10.2 Å². The molecular weight excluding hydrogens is 612 g/mol. The molecule has 1 unspecified atom stereocenters. The first kappa shape index (κ1) is 40.7. The Kier molecular flexibility index (Phi) is 20.8. The standard InChI is InChI=1S/C27H40N8O8.2C2H6/c36-23(28-8-1-2-15-43-21-5-3-4-20(16-21)26-31-29-19-30-32-26)7-6-22(27(41)42)35-13-11-33(17-24(37)38)9-10-34(12-14-35)18-25(39)40;2*1-2/h3-5,16,19,22H,1-2,6-15,17-18H2,(H,28,36)(H,29,30)(H,31,32)(H,37,38)(H,39,40)(H,41,42);2*1-2H3. The topological polar surface area (TPSA) is 209 Å². The maximum absolute atomic E-state index is 12.5. The lowest BCUT2D eigenvalue weighted by molar-refractivity contribution is -0.144. The van der Waals surface area contributed by atoms with Crippen LogP contribution in [-0.2, 0) is 19.2 Å². The van der Waals surface area contributed by atoms with E-state index in [1.165, 1.54) is 6.34 Å². The molecule has 2 aliphatic rings. The molecule has 0 aromatic heterocycles. The SMILES string of the molecule is CC.CC.O=C(O)CN1CCN(CC(=O)O)CCN(C(CCC(=O)NCCCCOc2cccc(C3=NNC=NN3)c2)C(=O)O)CC1. The van der Waals surface area contributed by atoms with Gasteiger partial charge in [-0.15, -0.1) is 0 Å². The van der Waals surface area contributed by atoms with Gasteiger partial charge in [-0.3, -0.25) is 44.7 Å². The molecule has 264 valence electrons. The first-order valence-corrected chi connectivity index (χ1v) is 16.2. The number of hydrogen-bond donors (Lipinski definition) is 6. The van der Waals surface area contributed by atoms with Crippen LogP contribution in [0.15, 0.2) is 34.5 Å². The maximum Gasteiger partial charge on any atom is 0.320 e. The summed E-state index contributed by atoms with van der Waals surface area (Å²) in [5, 5.41) is 39.2. The van der Waals surface area contributed by atoms with Gasteiger partial charge < -0.3 is 25.4 Å². The fourth-order valence-electron chi connectivity index (χ4n) is 4.73. The fourth-order valence-corrected chi connectivity index (χ4v) is 4.73. The Morgan fingerprint density at radius 2 is 1.53 bits per heavy atom. The summed E-state index contributed by atoms with van der Waals surface area (Å²) < 4.78 is 5.81. The second kappa shape index (κ2) is 24.0. The van der Waals surface area contributed by atoms with Gasteiger partial charge in [0.2, 0.25) is 5.91 Å². The molecule has 47 heavy (non-hydrogen) atoms. The Hall–Kier alpha value is -4.28. The van der Waals surface area contributed by atoms with E-state index in [9.17, 15) is 34.5 Å². The van der Waals surface area contributed by atoms with Crippen molar-refractivity contribution < 1.29 is 39.2 Å². The fraction of sp³-hybridized carbons (Fsp3) is 0.613. The van der Waals surface area contributed by atoms with E-state index in [4.69, 9.17) is 4.74 Å². The summed E-state index contributed by atoms with van der Waals surface area (Å²) >= 11 is 0. The van der Waals surface area contributed by atoms with Crippen LogP contribution in [0.2, 0.25) is 0 Å². The summed E-state index contributed by atoms with van der Waals surface area (Å²) in [6.45, 7) is 10.3. The molecule has 0 radical (unpaired) electrons. The summed E-state index contributed by atoms with van der Waals surface area (Å²) in [4.78, 5) is 52.2. The number of unbranched alkanes of at least 4 members (excludes halogenated alkanes) is 1. The van der Waals surface area contributed by atoms with Gasteiger partial charge in [-0.05, 0) is 31.4 Å². The number of carboxylic acid groups (broad SMARTS) is 3. The van der Waals surface area contributed by atoms with Gasteiger partial charge in [0, 0.05) is 57.8 Å². The molecular formula is C31H52N8O8. The highest BCUT2D eigenvalue weighted by molar-refractivity contribution is 6.00. The number of amidine groups is 1. The van der Waals surface area contributed by atoms with E-state index in [0.29, 0.717) is 63.8 Å². The molecule has 1 saturated heterocycles. The molecule has 2 heterocycles. The summed E-state index contributed by atoms with van der Waals surface area (Å²) in [6.07, 6.45) is 2.87. The molecule has 0 saturated carbocycles. The molecule has 3 rings (SSSR count). The predicted octanol–water partition coefficient (Wildman–Crippen LogP) is 1.13. The van der Waals surface area contributed by atoms with Crippen LogP contribution in [0.1, 0.15) is 58.9 Å². The molecule has 1 amide bonds. The molecule has 16 heteroatoms. The van der Waals surface area contributed by atoms with Crippen LogP contribution in [0.4, 0.5) is 0 Å². The summed E-state index contributed by atoms with van der Waals surface area (Å²) in [5.74, 6) is -2.13. The van der Waals surface area contributed by atoms with E-state index in [0.717, 1.165) is 5.56 Å². The smallest absolute Gasteiger partial charge is 0.320 e. The lowest BCUT2D eigenvalue weighted by atomic mass is 10.1. The van der Waals surface area contributed by atoms with E-state index in [-0.39, 0.29) is 44.9 Å². The summed E-state index contributed by atoms with van der Waals surface area (Å²) in [6, 6.07) is 6.44. The van der Waals surface area contributed by atoms with Crippen molar-refractivity contribution in [1.29, 1.82) is 0 Å². The van der Waals surface area contributed by atoms with E-state index < -0.39 is 23.9 Å². The molecule has 2 aliphatic heterocycles. The summed E-state index contributed by atoms with van der Waals surface area (Å²) in [5.41, 5.74) is 6.30. The highest BCUT2D eigenvalue weighted by Crippen LogP contribution is 2.15. The van der Waals surface area contributed by atoms with E-state index in [1.807, 2.05) is 52.0 Å². The van der Waals surface area contributed by atoms with E-state index >= 15 is 0 Å². The molecule has 6 N–H and O–H groups in total. The first-order valence-electron chi connectivity index (χ1n) is 16.2. The van der Waals surface area contributed by atoms with Crippen LogP contribution >= 0.6 is 0 Å². The number of nitrogens with zero attached hydrogens (tertiary/aromatic N) is 5. The van der Waals surface area contributed by atoms with Crippen molar-refractivity contribution in [2.75, 3.05) is 65.5 Å². The van der Waals surface area contributed by atoms with E-state index in [1.54, 1.807) is 14.7 Å². The second-order valence-electron chi connectivity index (χ2n) is 10.2. The quantitative estimate of drug-likeness (QED) is 0.137. The molecule has 0 aliphatic carbocycles. The first-order chi connectivity index (χ1) is 22.7. The minimum absolute atomic E-state index is 0.00522. The zero-order valence-electron chi connectivity index (χ0n) is 28.0. The minimum atomic E-state index is -1.09. The van der Waals surface area contributed by atoms with Crippen molar-refractivity contribution in [3.63, 3.8) is 0 Å². The lowest BCUT2D eigenvalue weighted by Crippen LogP contribution is -2.47. The van der Waals surface area contributed by atoms with Gasteiger partial charge in [-0.1, -0.05) is 39.8 Å². The van der Waals surface area contributed by atoms with Crippen molar-refractivity contribution >= 4 is 36.0 Å². The largest absolute Gasteiger partial charge is 0.494 e. The van der Waals surface area contributed by atoms with Crippen LogP contribution < -0.4 is 20.9 Å². The van der Waals surface area contributed by atoms with E-state index in [2.05, 4.69) is 26.4 Å². The maximum atomic E-state index is 12.5. The highest BCUT2D eigenvalue weighted by atomic mass is 16.5. The van der Waals surface area contributed by atoms with Gasteiger partial charge in [-0.25, -0.2) is 0 Å². The molecule has 1 atom stereocenters. The molecule has 16 nitrogen and oxygen atoms in total. The third kappa shape index (κ3) is 16.7. The van der Waals surface area contributed by atoms with Crippen LogP contribution in [0.3, 0.4) is 0 Å². The molecule has 0 bridgehead atoms. The average Bonchev–Trinajstić information content (AvgIpc) is 3.16. The van der Waals surface area contributed by atoms with Crippen LogP contribution in [0.25, 0.3) is 0 Å². The number of carbonyl (C=O) groups is 4. The van der Waals surface area contributed by atoms with Crippen molar-refractivity contribution in [3.05, 3.63) is 29.8 Å². The number of benzene rings is 1. The molecule has 1 aromatic rings. The molecule has 1 fully saturated rings. The third-order valence-corrected chi connectivity index (χ3v) is 6.97. The number of aliphatic carboxylic acids is 3. The van der Waals surface area contributed by atoms with Crippen LogP contribution in [-0.4, -0.2) is 138 Å². The second-order valence-corrected chi connectivity index (χ2v) is 10.2. The zero-order chi connectivity index (χ0) is 35.0. The Balaban J connectivity index is 0.00000265. The number of ether oxygens (including phenoxy) is 1. The van der Waals surface area contributed by atoms with Gasteiger partial charge in [0.1, 0.15) is 18.1 Å². The Labute approximate surface area is 276 Å². The lowest BCUT2D eigenvalue weighted by Gasteiger charge is -2.30. The van der Waals surface area contributed by atoms with Crippen molar-refractivity contribution in [1.82, 2.24) is 30.9 Å². The molecule has 1 aromatic carbocycles. The average molecular weight is 665 g/mol. The molecule has 0 spiro atoms. The third-order valence-electron chi connectivity index (χ3n) is 6.97. The zero-order valence-corrected chi connectivity index (χ0v) is 28.0. The van der Waals surface area contributed by atoms with Crippen LogP contribution in [0, 0.1) is 0 Å². The minimum Gasteiger partial charge on any atom is -0.494 e. The Morgan fingerprint density at radius 1 is 0.915 bits per heavy atom. The summed E-state index contributed by atoms with van der Waals surface area (Å²) in [7, 11) is 0. The number of rotatable bonds is 16. The van der Waals surface area contributed by atoms with Gasteiger partial charge in [0.05, 0.1) is 19.7 Å². The number of hydrazone groups is 2. The van der Waals surface area contributed by atoms with Gasteiger partial charge >= 0.3 is 17.9 Å². The van der Waals surface area contributed by atoms with Crippen LogP contribution in [0.5, 0.6) is 5.75 Å². The normalized spacial score (nSPS) is 16.0. The van der Waals surface area contributed by atoms with Crippen molar-refractivity contribution in [2.45, 2.75) is 59.4 Å². The number of carbonyl (C=O) groups excluding carboxylic acids is 1. The van der Waals surface area contributed by atoms with Crippen molar-refractivity contribution in [3.8, 4) is 5.75 Å². The number of nitrogens with one attached hydrogen (secondary N) is 3. The number of hydrogen-bond acceptors (Lipinski definition) is 12. The number of amides is 1. The number of carboxylic acids is 3. The monoisotopic (exact) mass is 664 g/mol. The Bertz CT molecular complexity index is 1140. The van der Waals surface area contributed by atoms with Gasteiger partial charge in [0.25, 0.3) is 0 Å². The Morgan fingerprint density at radius 3 is 2.09 bits per heavy atom. The van der Waals surface area contributed by atoms with Gasteiger partial charge in [0.15, 0.2) is 5.84 Å². The van der Waals surface area contributed by atoms with Crippen molar-refractivity contribution in [2.24, 2.45) is 10.2 Å². The predicted molar refractivity (Wildman–Crippen MR) is 179 cm³/mol.